The van der Waals surface area contributed by atoms with Crippen LogP contribution in [-0.2, 0) is 13.7 Å². The van der Waals surface area contributed by atoms with Crippen LogP contribution < -0.4 is 0 Å². The van der Waals surface area contributed by atoms with Crippen molar-refractivity contribution in [3.63, 3.8) is 0 Å². The van der Waals surface area contributed by atoms with Crippen molar-refractivity contribution < 1.29 is 0 Å². The molecule has 4 radical (unpaired) electrons. The fraction of sp³-hybridized carbons (Fsp3) is 0.143. The molecule has 3 heteroatoms. The molecule has 0 amide bonds. The Kier molecular flexibility index (Phi) is 12.1. The van der Waals surface area contributed by atoms with Gasteiger partial charge in [-0.05, 0) is 0 Å². The quantitative estimate of drug-likeness (QED) is 0.154. The molecule has 412 valence electrons. The maximum absolute atomic E-state index is 2.88. The molecule has 0 aromatic heterocycles. The molecule has 12 aliphatic carbocycles. The van der Waals surface area contributed by atoms with E-state index in [0.29, 0.717) is 23.7 Å². The molecule has 12 aliphatic rings. The number of hydrogen-bond acceptors (Lipinski definition) is 0. The van der Waals surface area contributed by atoms with Crippen LogP contribution in [-0.4, -0.2) is 60.7 Å². The average molecular weight is 1430 g/mol. The van der Waals surface area contributed by atoms with E-state index < -0.39 is 39.5 Å². The van der Waals surface area contributed by atoms with Gasteiger partial charge in [-0.25, -0.2) is 0 Å². The zero-order valence-electron chi connectivity index (χ0n) is 49.5. The van der Waals surface area contributed by atoms with Gasteiger partial charge in [0.05, 0.1) is 0 Å². The van der Waals surface area contributed by atoms with Crippen LogP contribution in [0.5, 0.6) is 0 Å². The molecular formula is C84H64Sn3. The Balaban J connectivity index is 0.000000125. The predicted molar refractivity (Wildman–Crippen MR) is 361 cm³/mol. The van der Waals surface area contributed by atoms with Gasteiger partial charge in [-0.3, -0.25) is 0 Å². The Morgan fingerprint density at radius 2 is 0.287 bits per heavy atom. The van der Waals surface area contributed by atoms with Crippen molar-refractivity contribution in [1.29, 1.82) is 0 Å². The van der Waals surface area contributed by atoms with Crippen molar-refractivity contribution >= 4 is 60.7 Å². The van der Waals surface area contributed by atoms with E-state index >= 15 is 0 Å². The van der Waals surface area contributed by atoms with Crippen LogP contribution >= 0.6 is 0 Å². The van der Waals surface area contributed by atoms with Gasteiger partial charge in [-0.2, -0.15) is 0 Å². The van der Waals surface area contributed by atoms with Crippen LogP contribution in [0, 0.1) is 0 Å². The average Bonchev–Trinajstić information content (AvgIpc) is 0.664. The minimum absolute atomic E-state index is 0.127. The third kappa shape index (κ3) is 6.48. The fourth-order valence-corrected chi connectivity index (χ4v) is 44.7. The zero-order chi connectivity index (χ0) is 58.0. The maximum atomic E-state index is 2.77. The predicted octanol–water partition coefficient (Wildman–Crippen LogP) is 18.5. The summed E-state index contributed by atoms with van der Waals surface area (Å²) >= 11 is -5.54. The molecule has 12 aromatic carbocycles. The topological polar surface area (TPSA) is 0 Å². The monoisotopic (exact) mass is 1430 g/mol. The van der Waals surface area contributed by atoms with E-state index in [-0.39, 0.29) is 34.9 Å². The Morgan fingerprint density at radius 1 is 0.195 bits per heavy atom. The standard InChI is InChI=1S/4C20H13.4CH3.3Sn/c4*1-2-8-14-13(7-1)19-15-9-3-5-11-17(15)20(14)18-12-6-4-10-16(18)19;;;;;;;/h4*1-12,19H;4*1H3;;;. The van der Waals surface area contributed by atoms with E-state index in [1.165, 1.54) is 66.8 Å². The molecule has 0 unspecified atom stereocenters. The number of rotatable bonds is 4. The fourth-order valence-electron chi connectivity index (χ4n) is 19.8. The molecule has 0 spiro atoms. The summed E-state index contributed by atoms with van der Waals surface area (Å²) in [5.41, 5.74) is 37.0. The van der Waals surface area contributed by atoms with E-state index in [1.54, 1.807) is 66.8 Å². The minimum atomic E-state index is -2.88. The van der Waals surface area contributed by atoms with Gasteiger partial charge >= 0.3 is 543 Å². The zero-order valence-corrected chi connectivity index (χ0v) is 58.1. The van der Waals surface area contributed by atoms with Gasteiger partial charge in [0.25, 0.3) is 0 Å². The molecule has 12 aromatic rings. The van der Waals surface area contributed by atoms with E-state index in [2.05, 4.69) is 311 Å². The second-order valence-electron chi connectivity index (χ2n) is 25.5. The molecule has 0 saturated heterocycles. The van der Waals surface area contributed by atoms with E-state index in [4.69, 9.17) is 0 Å². The first-order chi connectivity index (χ1) is 43.0. The Bertz CT molecular complexity index is 3770. The summed E-state index contributed by atoms with van der Waals surface area (Å²) < 4.78 is -0.507. The molecule has 8 bridgehead atoms. The van der Waals surface area contributed by atoms with Crippen molar-refractivity contribution in [2.75, 3.05) is 0 Å². The summed E-state index contributed by atoms with van der Waals surface area (Å²) in [4.78, 5) is 10.1. The number of benzene rings is 12. The molecule has 0 saturated carbocycles. The van der Waals surface area contributed by atoms with E-state index in [0.717, 1.165) is 0 Å². The summed E-state index contributed by atoms with van der Waals surface area (Å²) in [7, 11) is 0. The van der Waals surface area contributed by atoms with Gasteiger partial charge in [-0.1, -0.05) is 0 Å². The number of hydrogen-bond donors (Lipinski definition) is 0. The van der Waals surface area contributed by atoms with Gasteiger partial charge in [0.2, 0.25) is 0 Å². The first-order valence-electron chi connectivity index (χ1n) is 31.4. The normalized spacial score (nSPS) is 24.1. The summed E-state index contributed by atoms with van der Waals surface area (Å²) in [6.45, 7) is 0. The van der Waals surface area contributed by atoms with Gasteiger partial charge < -0.3 is 0 Å². The second kappa shape index (κ2) is 19.8. The Hall–Kier alpha value is -6.96. The summed E-state index contributed by atoms with van der Waals surface area (Å²) in [5, 5.41) is 0. The summed E-state index contributed by atoms with van der Waals surface area (Å²) in [6, 6.07) is 114. The first kappa shape index (κ1) is 53.1. The van der Waals surface area contributed by atoms with Crippen LogP contribution in [0.25, 0.3) is 0 Å². The van der Waals surface area contributed by atoms with Crippen LogP contribution in [0.4, 0.5) is 0 Å². The van der Waals surface area contributed by atoms with Crippen molar-refractivity contribution in [1.82, 2.24) is 0 Å². The van der Waals surface area contributed by atoms with Crippen molar-refractivity contribution in [2.45, 2.75) is 57.2 Å². The summed E-state index contributed by atoms with van der Waals surface area (Å²) in [5.74, 6) is 1.22. The molecule has 24 rings (SSSR count). The second-order valence-corrected chi connectivity index (χ2v) is 44.1. The van der Waals surface area contributed by atoms with Crippen LogP contribution in [0.1, 0.15) is 157 Å². The van der Waals surface area contributed by atoms with Gasteiger partial charge in [0.1, 0.15) is 0 Å². The van der Waals surface area contributed by atoms with E-state index in [1.807, 2.05) is 0 Å². The third-order valence-corrected chi connectivity index (χ3v) is 44.4. The van der Waals surface area contributed by atoms with Crippen LogP contribution in [0.15, 0.2) is 291 Å². The van der Waals surface area contributed by atoms with Crippen molar-refractivity contribution in [2.24, 2.45) is 0 Å². The molecule has 0 N–H and O–H groups in total. The Labute approximate surface area is 537 Å². The van der Waals surface area contributed by atoms with Gasteiger partial charge in [0.15, 0.2) is 0 Å². The molecular weight excluding hydrogens is 1370 g/mol. The van der Waals surface area contributed by atoms with Crippen LogP contribution in [0.3, 0.4) is 0 Å². The third-order valence-electron chi connectivity index (χ3n) is 22.4. The van der Waals surface area contributed by atoms with Crippen molar-refractivity contribution in [3.8, 4) is 0 Å². The molecule has 0 heterocycles. The summed E-state index contributed by atoms with van der Waals surface area (Å²) in [6.07, 6.45) is 0. The molecule has 0 nitrogen and oxygen atoms in total. The molecule has 0 aliphatic heterocycles. The first-order valence-corrected chi connectivity index (χ1v) is 48.5. The van der Waals surface area contributed by atoms with Gasteiger partial charge in [0, 0.05) is 0 Å². The van der Waals surface area contributed by atoms with Crippen molar-refractivity contribution in [3.05, 3.63) is 425 Å². The molecule has 0 atom stereocenters. The SMILES string of the molecule is [CH3][Sn]([C]12c3ccccc3C(c3ccccc31)c1ccccc12)[C]12c3ccccc3C(c3ccccc31)c1ccccc12.[CH3][Sn]([C]12c3ccccc3C(c3ccccc31)c1ccccc12)[C]12c3ccccc3C(c3ccccc31)c1ccccc12.[CH3][Sn][CH3]. The van der Waals surface area contributed by atoms with E-state index in [9.17, 15) is 0 Å². The Morgan fingerprint density at radius 3 is 0.391 bits per heavy atom. The van der Waals surface area contributed by atoms with Crippen LogP contribution in [0.2, 0.25) is 19.8 Å². The van der Waals surface area contributed by atoms with Gasteiger partial charge in [-0.15, -0.1) is 0 Å². The molecule has 87 heavy (non-hydrogen) atoms. The molecule has 0 fully saturated rings.